The Morgan fingerprint density at radius 3 is 2.54 bits per heavy atom. The summed E-state index contributed by atoms with van der Waals surface area (Å²) >= 11 is 0. The van der Waals surface area contributed by atoms with Crippen LogP contribution in [0.2, 0.25) is 0 Å². The Bertz CT molecular complexity index is 702. The van der Waals surface area contributed by atoms with Crippen LogP contribution in [0.5, 0.6) is 0 Å². The lowest BCUT2D eigenvalue weighted by Crippen LogP contribution is -2.37. The quantitative estimate of drug-likeness (QED) is 0.817. The van der Waals surface area contributed by atoms with Gasteiger partial charge >= 0.3 is 5.97 Å². The van der Waals surface area contributed by atoms with Crippen LogP contribution in [0.1, 0.15) is 28.7 Å². The fourth-order valence-corrected chi connectivity index (χ4v) is 1.90. The first kappa shape index (κ1) is 17.5. The number of carbonyl (C=O) groups excluding carboxylic acids is 2. The molecule has 6 nitrogen and oxygen atoms in total. The van der Waals surface area contributed by atoms with Crippen LogP contribution in [0.25, 0.3) is 0 Å². The van der Waals surface area contributed by atoms with Crippen molar-refractivity contribution in [2.24, 2.45) is 0 Å². The molecule has 1 amide bonds. The van der Waals surface area contributed by atoms with Crippen molar-refractivity contribution in [3.8, 4) is 0 Å². The zero-order valence-corrected chi connectivity index (χ0v) is 13.5. The number of amides is 1. The third-order valence-electron chi connectivity index (χ3n) is 3.27. The first-order valence-electron chi connectivity index (χ1n) is 7.47. The van der Waals surface area contributed by atoms with Gasteiger partial charge in [0.25, 0.3) is 5.91 Å². The Morgan fingerprint density at radius 2 is 1.92 bits per heavy atom. The summed E-state index contributed by atoms with van der Waals surface area (Å²) in [7, 11) is 0. The summed E-state index contributed by atoms with van der Waals surface area (Å²) in [6, 6.07) is 6.04. The first-order chi connectivity index (χ1) is 11.5. The Morgan fingerprint density at radius 1 is 1.21 bits per heavy atom. The molecule has 2 rings (SSSR count). The minimum atomic E-state index is -0.950. The number of carbonyl (C=O) groups is 2. The summed E-state index contributed by atoms with van der Waals surface area (Å²) in [5.41, 5.74) is 1.63. The predicted octanol–water partition coefficient (Wildman–Crippen LogP) is 1.83. The number of esters is 1. The smallest absolute Gasteiger partial charge is 0.359 e. The molecule has 0 aliphatic carbocycles. The summed E-state index contributed by atoms with van der Waals surface area (Å²) in [5, 5.41) is 2.67. The molecule has 1 aromatic carbocycles. The molecule has 1 heterocycles. The number of benzene rings is 1. The van der Waals surface area contributed by atoms with Crippen LogP contribution in [0.3, 0.4) is 0 Å². The molecule has 7 heteroatoms. The largest absolute Gasteiger partial charge is 0.448 e. The number of aryl methyl sites for hydroxylation is 1. The van der Waals surface area contributed by atoms with E-state index in [9.17, 15) is 14.0 Å². The number of nitrogens with one attached hydrogen (secondary N) is 1. The summed E-state index contributed by atoms with van der Waals surface area (Å²) in [5.74, 6) is -1.42. The van der Waals surface area contributed by atoms with Gasteiger partial charge in [-0.15, -0.1) is 0 Å². The van der Waals surface area contributed by atoms with Crippen molar-refractivity contribution in [1.82, 2.24) is 15.3 Å². The standard InChI is InChI=1S/C17H18FN3O3/c1-11-9-21-15(10-20-11)17(23)24-12(2)16(22)19-8-7-13-3-5-14(18)6-4-13/h3-6,9-10,12H,7-8H2,1-2H3,(H,19,22)/t12-/m1/s1. The van der Waals surface area contributed by atoms with Crippen molar-refractivity contribution < 1.29 is 18.7 Å². The Labute approximate surface area is 139 Å². The van der Waals surface area contributed by atoms with Crippen LogP contribution in [0.15, 0.2) is 36.7 Å². The SMILES string of the molecule is Cc1cnc(C(=O)O[C@H](C)C(=O)NCCc2ccc(F)cc2)cn1. The van der Waals surface area contributed by atoms with E-state index in [0.29, 0.717) is 18.7 Å². The molecule has 0 aliphatic rings. The monoisotopic (exact) mass is 331 g/mol. The van der Waals surface area contributed by atoms with Gasteiger partial charge in [0.05, 0.1) is 11.9 Å². The highest BCUT2D eigenvalue weighted by Crippen LogP contribution is 2.04. The van der Waals surface area contributed by atoms with Gasteiger partial charge in [-0.3, -0.25) is 9.78 Å². The molecule has 0 aliphatic heterocycles. The molecule has 126 valence electrons. The van der Waals surface area contributed by atoms with Gasteiger partial charge < -0.3 is 10.1 Å². The Hall–Kier alpha value is -2.83. The number of nitrogens with zero attached hydrogens (tertiary/aromatic N) is 2. The number of hydrogen-bond acceptors (Lipinski definition) is 5. The Kier molecular flexibility index (Phi) is 5.95. The number of rotatable bonds is 6. The lowest BCUT2D eigenvalue weighted by molar-refractivity contribution is -0.129. The summed E-state index contributed by atoms with van der Waals surface area (Å²) in [4.78, 5) is 31.6. The van der Waals surface area contributed by atoms with Gasteiger partial charge in [-0.05, 0) is 38.0 Å². The normalized spacial score (nSPS) is 11.6. The molecule has 0 saturated heterocycles. The van der Waals surface area contributed by atoms with Crippen molar-refractivity contribution in [3.05, 3.63) is 59.4 Å². The first-order valence-corrected chi connectivity index (χ1v) is 7.47. The third kappa shape index (κ3) is 5.12. The van der Waals surface area contributed by atoms with Crippen molar-refractivity contribution in [3.63, 3.8) is 0 Å². The van der Waals surface area contributed by atoms with Gasteiger partial charge in [0.15, 0.2) is 11.8 Å². The summed E-state index contributed by atoms with van der Waals surface area (Å²) in [6.45, 7) is 3.59. The fraction of sp³-hybridized carbons (Fsp3) is 0.294. The minimum absolute atomic E-state index is 0.0477. The maximum atomic E-state index is 12.8. The summed E-state index contributed by atoms with van der Waals surface area (Å²) < 4.78 is 17.9. The second-order valence-corrected chi connectivity index (χ2v) is 5.26. The van der Waals surface area contributed by atoms with E-state index in [4.69, 9.17) is 4.74 Å². The van der Waals surface area contributed by atoms with Gasteiger partial charge in [0, 0.05) is 12.7 Å². The van der Waals surface area contributed by atoms with Crippen LogP contribution in [-0.2, 0) is 16.0 Å². The zero-order chi connectivity index (χ0) is 17.5. The average molecular weight is 331 g/mol. The number of halogens is 1. The molecule has 24 heavy (non-hydrogen) atoms. The zero-order valence-electron chi connectivity index (χ0n) is 13.5. The highest BCUT2D eigenvalue weighted by molar-refractivity contribution is 5.90. The van der Waals surface area contributed by atoms with E-state index in [2.05, 4.69) is 15.3 Å². The van der Waals surface area contributed by atoms with E-state index in [-0.39, 0.29) is 11.5 Å². The molecular weight excluding hydrogens is 313 g/mol. The molecule has 0 bridgehead atoms. The fourth-order valence-electron chi connectivity index (χ4n) is 1.90. The van der Waals surface area contributed by atoms with Gasteiger partial charge in [-0.1, -0.05) is 12.1 Å². The summed E-state index contributed by atoms with van der Waals surface area (Å²) in [6.07, 6.45) is 2.35. The van der Waals surface area contributed by atoms with E-state index < -0.39 is 18.0 Å². The van der Waals surface area contributed by atoms with Crippen molar-refractivity contribution in [2.45, 2.75) is 26.4 Å². The highest BCUT2D eigenvalue weighted by Gasteiger charge is 2.19. The number of aromatic nitrogens is 2. The van der Waals surface area contributed by atoms with Crippen LogP contribution >= 0.6 is 0 Å². The molecule has 0 unspecified atom stereocenters. The van der Waals surface area contributed by atoms with Gasteiger partial charge in [-0.25, -0.2) is 14.2 Å². The van der Waals surface area contributed by atoms with E-state index in [1.807, 2.05) is 0 Å². The highest BCUT2D eigenvalue weighted by atomic mass is 19.1. The van der Waals surface area contributed by atoms with Gasteiger partial charge in [0.2, 0.25) is 0 Å². The van der Waals surface area contributed by atoms with Crippen molar-refractivity contribution in [2.75, 3.05) is 6.54 Å². The van der Waals surface area contributed by atoms with E-state index >= 15 is 0 Å². The lowest BCUT2D eigenvalue weighted by atomic mass is 10.1. The number of ether oxygens (including phenoxy) is 1. The molecular formula is C17H18FN3O3. The second-order valence-electron chi connectivity index (χ2n) is 5.26. The Balaban J connectivity index is 1.78. The molecule has 2 aromatic rings. The van der Waals surface area contributed by atoms with Crippen molar-refractivity contribution in [1.29, 1.82) is 0 Å². The lowest BCUT2D eigenvalue weighted by Gasteiger charge is -2.13. The number of hydrogen-bond donors (Lipinski definition) is 1. The molecule has 0 saturated carbocycles. The predicted molar refractivity (Wildman–Crippen MR) is 84.8 cm³/mol. The van der Waals surface area contributed by atoms with E-state index in [1.54, 1.807) is 19.1 Å². The van der Waals surface area contributed by atoms with Crippen LogP contribution < -0.4 is 5.32 Å². The van der Waals surface area contributed by atoms with Gasteiger partial charge in [-0.2, -0.15) is 0 Å². The molecule has 1 N–H and O–H groups in total. The average Bonchev–Trinajstić information content (AvgIpc) is 2.57. The molecule has 0 radical (unpaired) electrons. The van der Waals surface area contributed by atoms with Crippen LogP contribution in [-0.4, -0.2) is 34.5 Å². The van der Waals surface area contributed by atoms with Gasteiger partial charge in [0.1, 0.15) is 5.82 Å². The minimum Gasteiger partial charge on any atom is -0.448 e. The van der Waals surface area contributed by atoms with E-state index in [0.717, 1.165) is 5.56 Å². The van der Waals surface area contributed by atoms with E-state index in [1.165, 1.54) is 31.5 Å². The van der Waals surface area contributed by atoms with Crippen LogP contribution in [0, 0.1) is 12.7 Å². The second kappa shape index (κ2) is 8.14. The molecule has 0 spiro atoms. The topological polar surface area (TPSA) is 81.2 Å². The third-order valence-corrected chi connectivity index (χ3v) is 3.27. The maximum Gasteiger partial charge on any atom is 0.359 e. The molecule has 0 fully saturated rings. The molecule has 1 aromatic heterocycles. The van der Waals surface area contributed by atoms with Crippen LogP contribution in [0.4, 0.5) is 4.39 Å². The maximum absolute atomic E-state index is 12.8. The molecule has 1 atom stereocenters. The van der Waals surface area contributed by atoms with Crippen molar-refractivity contribution >= 4 is 11.9 Å².